The first kappa shape index (κ1) is 15.6. The van der Waals surface area contributed by atoms with Crippen LogP contribution in [0.15, 0.2) is 18.2 Å². The molecule has 0 heterocycles. The zero-order valence-electron chi connectivity index (χ0n) is 11.4. The van der Waals surface area contributed by atoms with Crippen LogP contribution in [0.2, 0.25) is 5.02 Å². The van der Waals surface area contributed by atoms with E-state index in [1.807, 2.05) is 0 Å². The Morgan fingerprint density at radius 2 is 2.15 bits per heavy atom. The minimum atomic E-state index is -0.453. The monoisotopic (exact) mass is 361 g/mol. The van der Waals surface area contributed by atoms with Gasteiger partial charge in [-0.3, -0.25) is 10.1 Å². The molecule has 1 aliphatic carbocycles. The van der Waals surface area contributed by atoms with Crippen LogP contribution in [0.1, 0.15) is 33.1 Å². The molecule has 1 aromatic rings. The normalized spacial score (nSPS) is 24.0. The summed E-state index contributed by atoms with van der Waals surface area (Å²) in [5, 5.41) is 11.4. The van der Waals surface area contributed by atoms with E-state index in [1.54, 1.807) is 12.1 Å². The summed E-state index contributed by atoms with van der Waals surface area (Å²) < 4.78 is 5.94. The number of halogens is 2. The van der Waals surface area contributed by atoms with Gasteiger partial charge in [0.25, 0.3) is 0 Å². The molecule has 1 aromatic carbocycles. The molecule has 20 heavy (non-hydrogen) atoms. The Kier molecular flexibility index (Phi) is 4.59. The average molecular weight is 363 g/mol. The van der Waals surface area contributed by atoms with Gasteiger partial charge in [0.15, 0.2) is 0 Å². The summed E-state index contributed by atoms with van der Waals surface area (Å²) in [4.78, 5) is 11.0. The minimum absolute atomic E-state index is 0.0209. The van der Waals surface area contributed by atoms with Crippen molar-refractivity contribution >= 4 is 33.2 Å². The molecule has 0 N–H and O–H groups in total. The molecule has 0 bridgehead atoms. The molecule has 4 nitrogen and oxygen atoms in total. The molecule has 1 aliphatic rings. The van der Waals surface area contributed by atoms with Crippen molar-refractivity contribution < 1.29 is 9.66 Å². The van der Waals surface area contributed by atoms with E-state index in [4.69, 9.17) is 16.3 Å². The molecule has 110 valence electrons. The molecule has 6 heteroatoms. The maximum atomic E-state index is 11.1. The third-order valence-corrected chi connectivity index (χ3v) is 5.99. The van der Waals surface area contributed by atoms with Gasteiger partial charge in [-0.1, -0.05) is 47.4 Å². The van der Waals surface area contributed by atoms with E-state index >= 15 is 0 Å². The molecule has 1 saturated carbocycles. The average Bonchev–Trinajstić information content (AvgIpc) is 2.41. The van der Waals surface area contributed by atoms with Gasteiger partial charge in [-0.15, -0.1) is 0 Å². The fraction of sp³-hybridized carbons (Fsp3) is 0.571. The zero-order valence-corrected chi connectivity index (χ0v) is 13.8. The van der Waals surface area contributed by atoms with Crippen molar-refractivity contribution in [3.05, 3.63) is 33.3 Å². The molecule has 2 unspecified atom stereocenters. The number of nitrogens with zero attached hydrogens (tertiary/aromatic N) is 1. The van der Waals surface area contributed by atoms with Gasteiger partial charge in [0, 0.05) is 16.3 Å². The minimum Gasteiger partial charge on any atom is -0.482 e. The molecule has 0 amide bonds. The number of para-hydroxylation sites is 1. The van der Waals surface area contributed by atoms with Gasteiger partial charge in [0.2, 0.25) is 5.75 Å². The Hall–Kier alpha value is -0.810. The van der Waals surface area contributed by atoms with Crippen LogP contribution >= 0.6 is 27.5 Å². The van der Waals surface area contributed by atoms with Crippen molar-refractivity contribution in [1.29, 1.82) is 0 Å². The summed E-state index contributed by atoms with van der Waals surface area (Å²) >= 11 is 9.75. The number of benzene rings is 1. The lowest BCUT2D eigenvalue weighted by molar-refractivity contribution is -0.386. The second kappa shape index (κ2) is 5.90. The topological polar surface area (TPSA) is 52.4 Å². The lowest BCUT2D eigenvalue weighted by atomic mass is 9.62. The molecule has 1 fully saturated rings. The summed E-state index contributed by atoms with van der Waals surface area (Å²) in [7, 11) is 0. The maximum Gasteiger partial charge on any atom is 0.312 e. The second-order valence-corrected chi connectivity index (χ2v) is 6.61. The number of hydrogen-bond acceptors (Lipinski definition) is 3. The van der Waals surface area contributed by atoms with Gasteiger partial charge in [0.1, 0.15) is 6.10 Å². The van der Waals surface area contributed by atoms with E-state index in [0.717, 1.165) is 19.3 Å². The zero-order chi connectivity index (χ0) is 14.9. The van der Waals surface area contributed by atoms with Crippen LogP contribution in [0.4, 0.5) is 5.69 Å². The Bertz CT molecular complexity index is 519. The fourth-order valence-corrected chi connectivity index (χ4v) is 4.41. The number of nitro groups is 1. The standard InChI is InChI=1S/C14H17BrClNO3/c1-3-14(4-2)11(15)8-12(14)20-13-9(16)6-5-7-10(13)17(18)19/h5-7,11-12H,3-4,8H2,1-2H3. The third-order valence-electron chi connectivity index (χ3n) is 4.41. The SMILES string of the molecule is CCC1(CC)C(Br)CC1Oc1c(Cl)cccc1[N+](=O)[O-]. The van der Waals surface area contributed by atoms with Gasteiger partial charge in [-0.05, 0) is 25.3 Å². The first-order chi connectivity index (χ1) is 9.46. The van der Waals surface area contributed by atoms with Crippen LogP contribution in [-0.2, 0) is 0 Å². The smallest absolute Gasteiger partial charge is 0.312 e. The Morgan fingerprint density at radius 3 is 2.65 bits per heavy atom. The highest BCUT2D eigenvalue weighted by Gasteiger charge is 2.53. The molecule has 0 saturated heterocycles. The molecule has 2 rings (SSSR count). The van der Waals surface area contributed by atoms with Crippen LogP contribution < -0.4 is 4.74 Å². The number of rotatable bonds is 5. The third kappa shape index (κ3) is 2.42. The van der Waals surface area contributed by atoms with E-state index < -0.39 is 4.92 Å². The van der Waals surface area contributed by atoms with Crippen LogP contribution in [0.5, 0.6) is 5.75 Å². The number of nitro benzene ring substituents is 1. The van der Waals surface area contributed by atoms with E-state index in [2.05, 4.69) is 29.8 Å². The lowest BCUT2D eigenvalue weighted by Gasteiger charge is -2.52. The molecular formula is C14H17BrClNO3. The largest absolute Gasteiger partial charge is 0.482 e. The van der Waals surface area contributed by atoms with Crippen molar-refractivity contribution in [2.45, 2.75) is 44.0 Å². The Morgan fingerprint density at radius 1 is 1.50 bits per heavy atom. The predicted octanol–water partition coefficient (Wildman–Crippen LogP) is 4.97. The molecule has 0 aromatic heterocycles. The summed E-state index contributed by atoms with van der Waals surface area (Å²) in [6.45, 7) is 4.24. The Labute approximate surface area is 131 Å². The van der Waals surface area contributed by atoms with E-state index in [1.165, 1.54) is 6.07 Å². The quantitative estimate of drug-likeness (QED) is 0.422. The van der Waals surface area contributed by atoms with Gasteiger partial charge in [0.05, 0.1) is 9.95 Å². The predicted molar refractivity (Wildman–Crippen MR) is 82.9 cm³/mol. The fourth-order valence-electron chi connectivity index (χ4n) is 2.91. The second-order valence-electron chi connectivity index (χ2n) is 5.10. The molecule has 2 atom stereocenters. The molecule has 0 spiro atoms. The van der Waals surface area contributed by atoms with E-state index in [9.17, 15) is 10.1 Å². The molecule has 0 aliphatic heterocycles. The lowest BCUT2D eigenvalue weighted by Crippen LogP contribution is -2.56. The Balaban J connectivity index is 2.30. The summed E-state index contributed by atoms with van der Waals surface area (Å²) in [6, 6.07) is 4.60. The van der Waals surface area contributed by atoms with E-state index in [-0.39, 0.29) is 23.0 Å². The first-order valence-electron chi connectivity index (χ1n) is 6.69. The molecule has 0 radical (unpaired) electrons. The van der Waals surface area contributed by atoms with Crippen molar-refractivity contribution in [3.63, 3.8) is 0 Å². The number of alkyl halides is 1. The highest BCUT2D eigenvalue weighted by molar-refractivity contribution is 9.09. The van der Waals surface area contributed by atoms with Gasteiger partial charge in [-0.25, -0.2) is 0 Å². The van der Waals surface area contributed by atoms with Gasteiger partial charge >= 0.3 is 5.69 Å². The first-order valence-corrected chi connectivity index (χ1v) is 7.99. The highest BCUT2D eigenvalue weighted by atomic mass is 79.9. The van der Waals surface area contributed by atoms with E-state index in [0.29, 0.717) is 9.85 Å². The maximum absolute atomic E-state index is 11.1. The highest BCUT2D eigenvalue weighted by Crippen LogP contribution is 2.53. The summed E-state index contributed by atoms with van der Waals surface area (Å²) in [5.74, 6) is 0.190. The van der Waals surface area contributed by atoms with Gasteiger partial charge < -0.3 is 4.74 Å². The summed E-state index contributed by atoms with van der Waals surface area (Å²) in [6.07, 6.45) is 2.72. The summed E-state index contributed by atoms with van der Waals surface area (Å²) in [5.41, 5.74) is -0.0517. The van der Waals surface area contributed by atoms with Crippen molar-refractivity contribution in [3.8, 4) is 5.75 Å². The van der Waals surface area contributed by atoms with Crippen LogP contribution in [0.3, 0.4) is 0 Å². The van der Waals surface area contributed by atoms with Crippen LogP contribution in [0, 0.1) is 15.5 Å². The number of ether oxygens (including phenoxy) is 1. The van der Waals surface area contributed by atoms with Crippen LogP contribution in [0.25, 0.3) is 0 Å². The van der Waals surface area contributed by atoms with Gasteiger partial charge in [-0.2, -0.15) is 0 Å². The van der Waals surface area contributed by atoms with Crippen LogP contribution in [-0.4, -0.2) is 15.9 Å². The molecular weight excluding hydrogens is 346 g/mol. The number of hydrogen-bond donors (Lipinski definition) is 0. The van der Waals surface area contributed by atoms with Crippen molar-refractivity contribution in [2.24, 2.45) is 5.41 Å². The van der Waals surface area contributed by atoms with Crippen molar-refractivity contribution in [2.75, 3.05) is 0 Å². The van der Waals surface area contributed by atoms with Crippen molar-refractivity contribution in [1.82, 2.24) is 0 Å².